The molecule has 0 aliphatic rings. The van der Waals surface area contributed by atoms with E-state index in [4.69, 9.17) is 15.2 Å². The lowest BCUT2D eigenvalue weighted by Gasteiger charge is -2.08. The van der Waals surface area contributed by atoms with Crippen molar-refractivity contribution in [3.63, 3.8) is 0 Å². The van der Waals surface area contributed by atoms with Crippen LogP contribution in [0.4, 0.5) is 5.69 Å². The number of nitrogens with two attached hydrogens (primary N) is 1. The van der Waals surface area contributed by atoms with Crippen LogP contribution in [0, 0.1) is 6.92 Å². The molecule has 0 fully saturated rings. The number of hydrogen-bond donors (Lipinski definition) is 1. The third kappa shape index (κ3) is 2.66. The zero-order chi connectivity index (χ0) is 12.3. The average molecular weight is 230 g/mol. The fourth-order valence-electron chi connectivity index (χ4n) is 1.45. The second-order valence-corrected chi connectivity index (χ2v) is 3.67. The highest BCUT2D eigenvalue weighted by molar-refractivity contribution is 5.49. The van der Waals surface area contributed by atoms with Gasteiger partial charge in [0.15, 0.2) is 0 Å². The van der Waals surface area contributed by atoms with Gasteiger partial charge in [-0.15, -0.1) is 0 Å². The molecule has 1 aromatic heterocycles. The van der Waals surface area contributed by atoms with Gasteiger partial charge in [0.1, 0.15) is 5.75 Å². The van der Waals surface area contributed by atoms with Crippen LogP contribution in [0.3, 0.4) is 0 Å². The molecule has 0 unspecified atom stereocenters. The molecule has 4 heteroatoms. The third-order valence-corrected chi connectivity index (χ3v) is 2.27. The van der Waals surface area contributed by atoms with Gasteiger partial charge in [0.05, 0.1) is 12.8 Å². The van der Waals surface area contributed by atoms with Crippen LogP contribution in [-0.4, -0.2) is 12.1 Å². The summed E-state index contributed by atoms with van der Waals surface area (Å²) in [6, 6.07) is 11.2. The molecule has 0 amide bonds. The minimum atomic E-state index is 0.371. The van der Waals surface area contributed by atoms with Crippen molar-refractivity contribution in [3.05, 3.63) is 42.0 Å². The molecule has 1 aromatic carbocycles. The molecular formula is C13H14N2O2. The first-order valence-electron chi connectivity index (χ1n) is 5.24. The quantitative estimate of drug-likeness (QED) is 0.880. The molecule has 0 saturated heterocycles. The highest BCUT2D eigenvalue weighted by Crippen LogP contribution is 2.25. The number of pyridine rings is 1. The summed E-state index contributed by atoms with van der Waals surface area (Å²) in [5, 5.41) is 0. The maximum absolute atomic E-state index is 5.67. The van der Waals surface area contributed by atoms with E-state index in [1.807, 2.05) is 31.2 Å². The number of aromatic nitrogens is 1. The standard InChI is InChI=1S/C13H14N2O2/c1-9-4-3-5-10(8-9)17-12-7-6-11(14)13(15-12)16-2/h3-8H,14H2,1-2H3. The normalized spacial score (nSPS) is 10.0. The zero-order valence-electron chi connectivity index (χ0n) is 9.81. The third-order valence-electron chi connectivity index (χ3n) is 2.27. The van der Waals surface area contributed by atoms with E-state index < -0.39 is 0 Å². The largest absolute Gasteiger partial charge is 0.479 e. The molecular weight excluding hydrogens is 216 g/mol. The van der Waals surface area contributed by atoms with Crippen molar-refractivity contribution >= 4 is 5.69 Å². The van der Waals surface area contributed by atoms with Gasteiger partial charge in [0.25, 0.3) is 0 Å². The molecule has 1 heterocycles. The Morgan fingerprint density at radius 2 is 2.00 bits per heavy atom. The van der Waals surface area contributed by atoms with E-state index in [0.717, 1.165) is 11.3 Å². The summed E-state index contributed by atoms with van der Waals surface area (Å²) in [6.07, 6.45) is 0. The van der Waals surface area contributed by atoms with Gasteiger partial charge in [0, 0.05) is 6.07 Å². The van der Waals surface area contributed by atoms with Crippen LogP contribution in [0.25, 0.3) is 0 Å². The van der Waals surface area contributed by atoms with Crippen LogP contribution in [0.15, 0.2) is 36.4 Å². The molecule has 0 atom stereocenters. The summed E-state index contributed by atoms with van der Waals surface area (Å²) < 4.78 is 10.6. The second-order valence-electron chi connectivity index (χ2n) is 3.67. The van der Waals surface area contributed by atoms with Crippen molar-refractivity contribution in [2.45, 2.75) is 6.92 Å². The number of ether oxygens (including phenoxy) is 2. The van der Waals surface area contributed by atoms with Gasteiger partial charge in [0.2, 0.25) is 11.8 Å². The predicted molar refractivity (Wildman–Crippen MR) is 66.5 cm³/mol. The lowest BCUT2D eigenvalue weighted by atomic mass is 10.2. The Bertz CT molecular complexity index is 527. The van der Waals surface area contributed by atoms with Crippen LogP contribution in [-0.2, 0) is 0 Å². The first-order chi connectivity index (χ1) is 8.19. The van der Waals surface area contributed by atoms with Gasteiger partial charge in [-0.2, -0.15) is 4.98 Å². The number of hydrogen-bond acceptors (Lipinski definition) is 4. The fourth-order valence-corrected chi connectivity index (χ4v) is 1.45. The highest BCUT2D eigenvalue weighted by atomic mass is 16.5. The van der Waals surface area contributed by atoms with E-state index in [1.54, 1.807) is 12.1 Å². The first kappa shape index (κ1) is 11.3. The van der Waals surface area contributed by atoms with Crippen LogP contribution in [0.1, 0.15) is 5.56 Å². The molecule has 2 aromatic rings. The summed E-state index contributed by atoms with van der Waals surface area (Å²) in [4.78, 5) is 4.15. The van der Waals surface area contributed by atoms with Crippen LogP contribution in [0.5, 0.6) is 17.5 Å². The minimum absolute atomic E-state index is 0.371. The molecule has 88 valence electrons. The summed E-state index contributed by atoms with van der Waals surface area (Å²) in [6.45, 7) is 2.00. The number of nitrogens with zero attached hydrogens (tertiary/aromatic N) is 1. The minimum Gasteiger partial charge on any atom is -0.479 e. The summed E-state index contributed by atoms with van der Waals surface area (Å²) in [7, 11) is 1.52. The topological polar surface area (TPSA) is 57.4 Å². The van der Waals surface area contributed by atoms with E-state index in [9.17, 15) is 0 Å². The smallest absolute Gasteiger partial charge is 0.240 e. The molecule has 0 bridgehead atoms. The van der Waals surface area contributed by atoms with Gasteiger partial charge in [-0.1, -0.05) is 12.1 Å². The molecule has 0 radical (unpaired) electrons. The number of benzene rings is 1. The molecule has 0 aliphatic carbocycles. The van der Waals surface area contributed by atoms with Crippen molar-refractivity contribution in [2.24, 2.45) is 0 Å². The lowest BCUT2D eigenvalue weighted by Crippen LogP contribution is -1.97. The Labute approximate surface area is 100 Å². The Balaban J connectivity index is 2.24. The molecule has 0 spiro atoms. The monoisotopic (exact) mass is 230 g/mol. The fraction of sp³-hybridized carbons (Fsp3) is 0.154. The molecule has 2 N–H and O–H groups in total. The van der Waals surface area contributed by atoms with Crippen LogP contribution in [0.2, 0.25) is 0 Å². The van der Waals surface area contributed by atoms with Gasteiger partial charge in [-0.3, -0.25) is 0 Å². The molecule has 2 rings (SSSR count). The highest BCUT2D eigenvalue weighted by Gasteiger charge is 2.04. The van der Waals surface area contributed by atoms with Crippen LogP contribution >= 0.6 is 0 Å². The zero-order valence-corrected chi connectivity index (χ0v) is 9.81. The van der Waals surface area contributed by atoms with Crippen molar-refractivity contribution in [3.8, 4) is 17.5 Å². The molecule has 0 aliphatic heterocycles. The number of anilines is 1. The maximum atomic E-state index is 5.67. The van der Waals surface area contributed by atoms with E-state index in [-0.39, 0.29) is 0 Å². The molecule has 17 heavy (non-hydrogen) atoms. The number of nitrogen functional groups attached to an aromatic ring is 1. The van der Waals surface area contributed by atoms with E-state index in [1.165, 1.54) is 7.11 Å². The summed E-state index contributed by atoms with van der Waals surface area (Å²) in [5.74, 6) is 1.57. The van der Waals surface area contributed by atoms with Crippen molar-refractivity contribution < 1.29 is 9.47 Å². The maximum Gasteiger partial charge on any atom is 0.240 e. The van der Waals surface area contributed by atoms with E-state index in [0.29, 0.717) is 17.4 Å². The summed E-state index contributed by atoms with van der Waals surface area (Å²) >= 11 is 0. The van der Waals surface area contributed by atoms with Gasteiger partial charge in [-0.25, -0.2) is 0 Å². The van der Waals surface area contributed by atoms with E-state index in [2.05, 4.69) is 4.98 Å². The Morgan fingerprint density at radius 1 is 1.18 bits per heavy atom. The molecule has 0 saturated carbocycles. The second kappa shape index (κ2) is 4.74. The van der Waals surface area contributed by atoms with Crippen LogP contribution < -0.4 is 15.2 Å². The SMILES string of the molecule is COc1nc(Oc2cccc(C)c2)ccc1N. The number of rotatable bonds is 3. The van der Waals surface area contributed by atoms with Crippen molar-refractivity contribution in [2.75, 3.05) is 12.8 Å². The van der Waals surface area contributed by atoms with E-state index >= 15 is 0 Å². The Kier molecular flexibility index (Phi) is 3.14. The number of aryl methyl sites for hydroxylation is 1. The lowest BCUT2D eigenvalue weighted by molar-refractivity contribution is 0.385. The van der Waals surface area contributed by atoms with Gasteiger partial charge < -0.3 is 15.2 Å². The molecule has 4 nitrogen and oxygen atoms in total. The first-order valence-corrected chi connectivity index (χ1v) is 5.24. The van der Waals surface area contributed by atoms with Crippen molar-refractivity contribution in [1.29, 1.82) is 0 Å². The Morgan fingerprint density at radius 3 is 2.71 bits per heavy atom. The number of methoxy groups -OCH3 is 1. The van der Waals surface area contributed by atoms with Crippen molar-refractivity contribution in [1.82, 2.24) is 4.98 Å². The predicted octanol–water partition coefficient (Wildman–Crippen LogP) is 2.77. The van der Waals surface area contributed by atoms with Gasteiger partial charge in [-0.05, 0) is 30.7 Å². The summed E-state index contributed by atoms with van der Waals surface area (Å²) in [5.41, 5.74) is 7.29. The average Bonchev–Trinajstić information content (AvgIpc) is 2.32. The Hall–Kier alpha value is -2.23. The van der Waals surface area contributed by atoms with Gasteiger partial charge >= 0.3 is 0 Å².